The minimum atomic E-state index is 0.846. The van der Waals surface area contributed by atoms with Gasteiger partial charge < -0.3 is 10.4 Å². The van der Waals surface area contributed by atoms with E-state index in [0.717, 1.165) is 36.1 Å². The van der Waals surface area contributed by atoms with E-state index in [0.29, 0.717) is 0 Å². The quantitative estimate of drug-likeness (QED) is 0.905. The summed E-state index contributed by atoms with van der Waals surface area (Å²) in [5, 5.41) is 14.6. The molecule has 0 aliphatic rings. The van der Waals surface area contributed by atoms with E-state index < -0.39 is 0 Å². The number of halogens is 1. The molecule has 0 atom stereocenters. The molecule has 2 aromatic heterocycles. The zero-order chi connectivity index (χ0) is 12.0. The number of aliphatic hydroxyl groups is 1. The van der Waals surface area contributed by atoms with Gasteiger partial charge in [-0.1, -0.05) is 6.92 Å². The van der Waals surface area contributed by atoms with Crippen LogP contribution in [0, 0.1) is 0 Å². The number of aliphatic hydroxyl groups excluding tert-OH is 1. The SMILES string of the molecule is CCCNc1ccc2ncc(Br)n2n1.CO. The molecule has 0 aliphatic carbocycles. The molecule has 2 heterocycles. The van der Waals surface area contributed by atoms with Crippen LogP contribution in [-0.4, -0.2) is 33.4 Å². The van der Waals surface area contributed by atoms with Crippen LogP contribution in [0.1, 0.15) is 13.3 Å². The van der Waals surface area contributed by atoms with Gasteiger partial charge in [0.25, 0.3) is 0 Å². The first kappa shape index (κ1) is 12.9. The monoisotopic (exact) mass is 286 g/mol. The molecule has 0 aliphatic heterocycles. The summed E-state index contributed by atoms with van der Waals surface area (Å²) in [6.07, 6.45) is 2.83. The van der Waals surface area contributed by atoms with Gasteiger partial charge in [0.15, 0.2) is 5.65 Å². The molecule has 88 valence electrons. The first-order valence-electron chi connectivity index (χ1n) is 5.00. The van der Waals surface area contributed by atoms with Crippen molar-refractivity contribution >= 4 is 27.4 Å². The molecule has 0 fully saturated rings. The highest BCUT2D eigenvalue weighted by Crippen LogP contribution is 2.13. The van der Waals surface area contributed by atoms with E-state index in [1.807, 2.05) is 12.1 Å². The Bertz CT molecular complexity index is 443. The Labute approximate surface area is 103 Å². The van der Waals surface area contributed by atoms with Crippen molar-refractivity contribution in [1.82, 2.24) is 14.6 Å². The van der Waals surface area contributed by atoms with Crippen LogP contribution in [0.4, 0.5) is 5.82 Å². The molecule has 2 aromatic rings. The Kier molecular flexibility index (Phi) is 5.21. The molecule has 2 N–H and O–H groups in total. The number of aromatic nitrogens is 3. The molecular weight excluding hydrogens is 272 g/mol. The van der Waals surface area contributed by atoms with E-state index in [-0.39, 0.29) is 0 Å². The lowest BCUT2D eigenvalue weighted by atomic mass is 10.4. The number of nitrogens with zero attached hydrogens (tertiary/aromatic N) is 3. The fraction of sp³-hybridized carbons (Fsp3) is 0.400. The van der Waals surface area contributed by atoms with Gasteiger partial charge in [0.2, 0.25) is 0 Å². The van der Waals surface area contributed by atoms with Gasteiger partial charge in [0.1, 0.15) is 10.4 Å². The highest BCUT2D eigenvalue weighted by atomic mass is 79.9. The van der Waals surface area contributed by atoms with Crippen molar-refractivity contribution in [1.29, 1.82) is 0 Å². The van der Waals surface area contributed by atoms with Crippen molar-refractivity contribution < 1.29 is 5.11 Å². The fourth-order valence-electron chi connectivity index (χ4n) is 1.19. The molecule has 0 aromatic carbocycles. The van der Waals surface area contributed by atoms with E-state index in [1.165, 1.54) is 0 Å². The third-order valence-corrected chi connectivity index (χ3v) is 2.42. The van der Waals surface area contributed by atoms with Crippen LogP contribution in [-0.2, 0) is 0 Å². The normalized spacial score (nSPS) is 9.75. The summed E-state index contributed by atoms with van der Waals surface area (Å²) < 4.78 is 2.63. The molecule has 5 nitrogen and oxygen atoms in total. The van der Waals surface area contributed by atoms with Crippen LogP contribution < -0.4 is 5.32 Å². The number of fused-ring (bicyclic) bond motifs is 1. The zero-order valence-electron chi connectivity index (χ0n) is 9.31. The average Bonchev–Trinajstić information content (AvgIpc) is 2.71. The summed E-state index contributed by atoms with van der Waals surface area (Å²) in [5.74, 6) is 0.873. The molecular formula is C10H15BrN4O. The fourth-order valence-corrected chi connectivity index (χ4v) is 1.56. The Hall–Kier alpha value is -1.14. The van der Waals surface area contributed by atoms with Crippen LogP contribution >= 0.6 is 15.9 Å². The molecule has 0 amide bonds. The van der Waals surface area contributed by atoms with E-state index in [1.54, 1.807) is 10.7 Å². The Morgan fingerprint density at radius 3 is 2.88 bits per heavy atom. The van der Waals surface area contributed by atoms with E-state index in [9.17, 15) is 0 Å². The van der Waals surface area contributed by atoms with E-state index in [4.69, 9.17) is 5.11 Å². The molecule has 0 bridgehead atoms. The minimum Gasteiger partial charge on any atom is -0.400 e. The van der Waals surface area contributed by atoms with Crippen molar-refractivity contribution in [2.24, 2.45) is 0 Å². The maximum absolute atomic E-state index is 7.00. The molecule has 0 spiro atoms. The number of rotatable bonds is 3. The number of hydrogen-bond donors (Lipinski definition) is 2. The van der Waals surface area contributed by atoms with E-state index >= 15 is 0 Å². The van der Waals surface area contributed by atoms with Gasteiger partial charge in [-0.2, -0.15) is 0 Å². The molecule has 16 heavy (non-hydrogen) atoms. The highest BCUT2D eigenvalue weighted by Gasteiger charge is 2.01. The standard InChI is InChI=1S/C9H11BrN4.CH4O/c1-2-5-11-8-3-4-9-12-6-7(10)14(9)13-8;1-2/h3-4,6H,2,5H2,1H3,(H,11,13);2H,1H3. The lowest BCUT2D eigenvalue weighted by Gasteiger charge is -2.03. The number of nitrogens with one attached hydrogen (secondary N) is 1. The molecule has 6 heteroatoms. The van der Waals surface area contributed by atoms with Crippen LogP contribution in [0.15, 0.2) is 22.9 Å². The zero-order valence-corrected chi connectivity index (χ0v) is 10.9. The summed E-state index contributed by atoms with van der Waals surface area (Å²) in [6, 6.07) is 3.88. The first-order chi connectivity index (χ1) is 7.81. The summed E-state index contributed by atoms with van der Waals surface area (Å²) in [5.41, 5.74) is 0.846. The van der Waals surface area contributed by atoms with Gasteiger partial charge in [-0.15, -0.1) is 5.10 Å². The van der Waals surface area contributed by atoms with Gasteiger partial charge in [-0.25, -0.2) is 9.50 Å². The molecule has 0 saturated carbocycles. The number of imidazole rings is 1. The summed E-state index contributed by atoms with van der Waals surface area (Å²) in [6.45, 7) is 3.06. The van der Waals surface area contributed by atoms with Crippen molar-refractivity contribution in [3.05, 3.63) is 22.9 Å². The highest BCUT2D eigenvalue weighted by molar-refractivity contribution is 9.10. The molecule has 2 rings (SSSR count). The maximum Gasteiger partial charge on any atom is 0.154 e. The second-order valence-electron chi connectivity index (χ2n) is 3.00. The molecule has 0 unspecified atom stereocenters. The third kappa shape index (κ3) is 2.93. The van der Waals surface area contributed by atoms with Crippen molar-refractivity contribution in [3.8, 4) is 0 Å². The summed E-state index contributed by atoms with van der Waals surface area (Å²) >= 11 is 3.38. The Morgan fingerprint density at radius 1 is 1.44 bits per heavy atom. The molecule has 0 radical (unpaired) electrons. The number of anilines is 1. The van der Waals surface area contributed by atoms with Crippen molar-refractivity contribution in [3.63, 3.8) is 0 Å². The van der Waals surface area contributed by atoms with Crippen LogP contribution in [0.2, 0.25) is 0 Å². The van der Waals surface area contributed by atoms with Gasteiger partial charge in [0.05, 0.1) is 6.20 Å². The predicted molar refractivity (Wildman–Crippen MR) is 67.6 cm³/mol. The van der Waals surface area contributed by atoms with Crippen molar-refractivity contribution in [2.75, 3.05) is 19.0 Å². The maximum atomic E-state index is 7.00. The Balaban J connectivity index is 0.000000606. The van der Waals surface area contributed by atoms with Crippen LogP contribution in [0.3, 0.4) is 0 Å². The van der Waals surface area contributed by atoms with E-state index in [2.05, 4.69) is 38.3 Å². The predicted octanol–water partition coefficient (Wildman–Crippen LogP) is 1.92. The van der Waals surface area contributed by atoms with Crippen LogP contribution in [0.25, 0.3) is 5.65 Å². The first-order valence-corrected chi connectivity index (χ1v) is 5.79. The van der Waals surface area contributed by atoms with Gasteiger partial charge >= 0.3 is 0 Å². The largest absolute Gasteiger partial charge is 0.400 e. The number of hydrogen-bond acceptors (Lipinski definition) is 4. The smallest absolute Gasteiger partial charge is 0.154 e. The summed E-state index contributed by atoms with van der Waals surface area (Å²) in [4.78, 5) is 4.17. The second-order valence-corrected chi connectivity index (χ2v) is 3.81. The minimum absolute atomic E-state index is 0.846. The molecule has 0 saturated heterocycles. The third-order valence-electron chi connectivity index (χ3n) is 1.88. The lowest BCUT2D eigenvalue weighted by molar-refractivity contribution is 0.399. The lowest BCUT2D eigenvalue weighted by Crippen LogP contribution is -2.04. The topological polar surface area (TPSA) is 62.5 Å². The van der Waals surface area contributed by atoms with Gasteiger partial charge in [-0.05, 0) is 34.5 Å². The van der Waals surface area contributed by atoms with Gasteiger partial charge in [-0.3, -0.25) is 0 Å². The summed E-state index contributed by atoms with van der Waals surface area (Å²) in [7, 11) is 1.00. The second kappa shape index (κ2) is 6.44. The Morgan fingerprint density at radius 2 is 2.19 bits per heavy atom. The van der Waals surface area contributed by atoms with Gasteiger partial charge in [0, 0.05) is 13.7 Å². The van der Waals surface area contributed by atoms with Crippen molar-refractivity contribution in [2.45, 2.75) is 13.3 Å². The van der Waals surface area contributed by atoms with Crippen LogP contribution in [0.5, 0.6) is 0 Å². The average molecular weight is 287 g/mol.